The van der Waals surface area contributed by atoms with Crippen molar-refractivity contribution in [3.05, 3.63) is 65.4 Å². The van der Waals surface area contributed by atoms with Crippen molar-refractivity contribution in [3.8, 4) is 0 Å². The lowest BCUT2D eigenvalue weighted by Crippen LogP contribution is -1.99. The SMILES string of the molecule is Cc1nc2c(C)cccc2c(Nc2ccccc2)c1C. The molecule has 0 saturated heterocycles. The number of aromatic nitrogens is 1. The molecule has 3 aromatic rings. The number of benzene rings is 2. The Morgan fingerprint density at radius 2 is 1.60 bits per heavy atom. The molecule has 0 bridgehead atoms. The Bertz CT molecular complexity index is 761. The average Bonchev–Trinajstić information content (AvgIpc) is 2.46. The monoisotopic (exact) mass is 262 g/mol. The summed E-state index contributed by atoms with van der Waals surface area (Å²) in [5, 5.41) is 4.72. The number of aryl methyl sites for hydroxylation is 2. The first-order valence-corrected chi connectivity index (χ1v) is 6.85. The lowest BCUT2D eigenvalue weighted by Gasteiger charge is -2.15. The molecule has 0 amide bonds. The average molecular weight is 262 g/mol. The van der Waals surface area contributed by atoms with Crippen LogP contribution < -0.4 is 5.32 Å². The van der Waals surface area contributed by atoms with Crippen molar-refractivity contribution in [1.29, 1.82) is 0 Å². The first kappa shape index (κ1) is 12.7. The molecule has 0 aliphatic rings. The highest BCUT2D eigenvalue weighted by molar-refractivity contribution is 5.96. The van der Waals surface area contributed by atoms with Gasteiger partial charge in [0.05, 0.1) is 11.2 Å². The minimum absolute atomic E-state index is 1.07. The Kier molecular flexibility index (Phi) is 3.15. The van der Waals surface area contributed by atoms with Gasteiger partial charge in [-0.2, -0.15) is 0 Å². The number of hydrogen-bond donors (Lipinski definition) is 1. The highest BCUT2D eigenvalue weighted by atomic mass is 14.9. The standard InChI is InChI=1S/C18H18N2/c1-12-8-7-11-16-17(12)19-14(3)13(2)18(16)20-15-9-5-4-6-10-15/h4-11H,1-3H3,(H,19,20). The molecule has 0 unspecified atom stereocenters. The molecule has 0 saturated carbocycles. The van der Waals surface area contributed by atoms with Crippen molar-refractivity contribution in [3.63, 3.8) is 0 Å². The fourth-order valence-electron chi connectivity index (χ4n) is 2.47. The number of rotatable bonds is 2. The summed E-state index contributed by atoms with van der Waals surface area (Å²) < 4.78 is 0. The lowest BCUT2D eigenvalue weighted by atomic mass is 10.0. The van der Waals surface area contributed by atoms with Crippen LogP contribution >= 0.6 is 0 Å². The van der Waals surface area contributed by atoms with E-state index in [2.05, 4.69) is 56.4 Å². The van der Waals surface area contributed by atoms with E-state index in [0.29, 0.717) is 0 Å². The van der Waals surface area contributed by atoms with Gasteiger partial charge in [0.1, 0.15) is 0 Å². The van der Waals surface area contributed by atoms with Gasteiger partial charge < -0.3 is 5.32 Å². The first-order valence-electron chi connectivity index (χ1n) is 6.85. The summed E-state index contributed by atoms with van der Waals surface area (Å²) in [6, 6.07) is 16.6. The summed E-state index contributed by atoms with van der Waals surface area (Å²) in [5.41, 5.74) is 6.82. The third-order valence-electron chi connectivity index (χ3n) is 3.75. The van der Waals surface area contributed by atoms with Gasteiger partial charge >= 0.3 is 0 Å². The van der Waals surface area contributed by atoms with Crippen LogP contribution in [0.4, 0.5) is 11.4 Å². The summed E-state index contributed by atoms with van der Waals surface area (Å²) in [4.78, 5) is 4.74. The largest absolute Gasteiger partial charge is 0.355 e. The smallest absolute Gasteiger partial charge is 0.0755 e. The maximum absolute atomic E-state index is 4.74. The van der Waals surface area contributed by atoms with E-state index in [0.717, 1.165) is 22.6 Å². The number of anilines is 2. The zero-order valence-electron chi connectivity index (χ0n) is 12.1. The molecular formula is C18H18N2. The van der Waals surface area contributed by atoms with Crippen LogP contribution in [0.3, 0.4) is 0 Å². The Hall–Kier alpha value is -2.35. The molecule has 2 heteroatoms. The maximum Gasteiger partial charge on any atom is 0.0755 e. The second-order valence-electron chi connectivity index (χ2n) is 5.16. The van der Waals surface area contributed by atoms with Crippen LogP contribution in [0.1, 0.15) is 16.8 Å². The highest BCUT2D eigenvalue weighted by Gasteiger charge is 2.10. The van der Waals surface area contributed by atoms with Crippen LogP contribution in [-0.2, 0) is 0 Å². The van der Waals surface area contributed by atoms with Gasteiger partial charge in [0.25, 0.3) is 0 Å². The molecule has 1 N–H and O–H groups in total. The van der Waals surface area contributed by atoms with E-state index in [1.165, 1.54) is 16.5 Å². The van der Waals surface area contributed by atoms with E-state index < -0.39 is 0 Å². The van der Waals surface area contributed by atoms with Gasteiger partial charge in [-0.15, -0.1) is 0 Å². The second kappa shape index (κ2) is 4.97. The molecule has 0 aliphatic carbocycles. The predicted octanol–water partition coefficient (Wildman–Crippen LogP) is 4.90. The third kappa shape index (κ3) is 2.14. The van der Waals surface area contributed by atoms with E-state index in [1.807, 2.05) is 18.2 Å². The Morgan fingerprint density at radius 3 is 2.35 bits per heavy atom. The molecule has 2 aromatic carbocycles. The van der Waals surface area contributed by atoms with Crippen molar-refractivity contribution in [2.75, 3.05) is 5.32 Å². The van der Waals surface area contributed by atoms with Gasteiger partial charge in [-0.25, -0.2) is 0 Å². The summed E-state index contributed by atoms with van der Waals surface area (Å²) in [6.45, 7) is 6.29. The molecular weight excluding hydrogens is 244 g/mol. The molecule has 0 atom stereocenters. The van der Waals surface area contributed by atoms with Crippen LogP contribution in [0.25, 0.3) is 10.9 Å². The summed E-state index contributed by atoms with van der Waals surface area (Å²) in [6.07, 6.45) is 0. The van der Waals surface area contributed by atoms with Gasteiger partial charge in [-0.1, -0.05) is 36.4 Å². The topological polar surface area (TPSA) is 24.9 Å². The van der Waals surface area contributed by atoms with Crippen molar-refractivity contribution in [2.24, 2.45) is 0 Å². The Labute approximate surface area is 119 Å². The van der Waals surface area contributed by atoms with Crippen molar-refractivity contribution < 1.29 is 0 Å². The zero-order valence-corrected chi connectivity index (χ0v) is 12.1. The normalized spacial score (nSPS) is 10.8. The van der Waals surface area contributed by atoms with E-state index in [9.17, 15) is 0 Å². The maximum atomic E-state index is 4.74. The molecule has 3 rings (SSSR count). The fraction of sp³-hybridized carbons (Fsp3) is 0.167. The number of nitrogens with one attached hydrogen (secondary N) is 1. The van der Waals surface area contributed by atoms with Crippen LogP contribution in [0, 0.1) is 20.8 Å². The van der Waals surface area contributed by atoms with Crippen LogP contribution in [0.2, 0.25) is 0 Å². The van der Waals surface area contributed by atoms with Gasteiger partial charge in [0.2, 0.25) is 0 Å². The molecule has 20 heavy (non-hydrogen) atoms. The number of hydrogen-bond acceptors (Lipinski definition) is 2. The number of pyridine rings is 1. The Balaban J connectivity index is 2.23. The minimum atomic E-state index is 1.07. The van der Waals surface area contributed by atoms with Crippen molar-refractivity contribution in [2.45, 2.75) is 20.8 Å². The minimum Gasteiger partial charge on any atom is -0.355 e. The lowest BCUT2D eigenvalue weighted by molar-refractivity contribution is 1.19. The molecule has 100 valence electrons. The van der Waals surface area contributed by atoms with E-state index in [-0.39, 0.29) is 0 Å². The molecule has 0 spiro atoms. The van der Waals surface area contributed by atoms with Gasteiger partial charge in [0.15, 0.2) is 0 Å². The van der Waals surface area contributed by atoms with Crippen molar-refractivity contribution in [1.82, 2.24) is 4.98 Å². The van der Waals surface area contributed by atoms with Crippen LogP contribution in [0.5, 0.6) is 0 Å². The predicted molar refractivity (Wildman–Crippen MR) is 85.7 cm³/mol. The van der Waals surface area contributed by atoms with E-state index in [4.69, 9.17) is 4.98 Å². The Morgan fingerprint density at radius 1 is 0.850 bits per heavy atom. The molecule has 0 aliphatic heterocycles. The van der Waals surface area contributed by atoms with E-state index in [1.54, 1.807) is 0 Å². The summed E-state index contributed by atoms with van der Waals surface area (Å²) in [7, 11) is 0. The first-order chi connectivity index (χ1) is 9.66. The molecule has 0 radical (unpaired) electrons. The number of para-hydroxylation sites is 2. The molecule has 1 aromatic heterocycles. The van der Waals surface area contributed by atoms with Gasteiger partial charge in [-0.3, -0.25) is 4.98 Å². The fourth-order valence-corrected chi connectivity index (χ4v) is 2.47. The van der Waals surface area contributed by atoms with Crippen molar-refractivity contribution >= 4 is 22.3 Å². The van der Waals surface area contributed by atoms with Crippen LogP contribution in [0.15, 0.2) is 48.5 Å². The van der Waals surface area contributed by atoms with Gasteiger partial charge in [0, 0.05) is 16.8 Å². The number of nitrogens with zero attached hydrogens (tertiary/aromatic N) is 1. The van der Waals surface area contributed by atoms with Gasteiger partial charge in [-0.05, 0) is 44.0 Å². The summed E-state index contributed by atoms with van der Waals surface area (Å²) in [5.74, 6) is 0. The third-order valence-corrected chi connectivity index (χ3v) is 3.75. The second-order valence-corrected chi connectivity index (χ2v) is 5.16. The highest BCUT2D eigenvalue weighted by Crippen LogP contribution is 2.31. The zero-order chi connectivity index (χ0) is 14.1. The quantitative estimate of drug-likeness (QED) is 0.710. The van der Waals surface area contributed by atoms with E-state index >= 15 is 0 Å². The number of fused-ring (bicyclic) bond motifs is 1. The molecule has 2 nitrogen and oxygen atoms in total. The van der Waals surface area contributed by atoms with Crippen LogP contribution in [-0.4, -0.2) is 4.98 Å². The molecule has 1 heterocycles. The summed E-state index contributed by atoms with van der Waals surface area (Å²) >= 11 is 0. The molecule has 0 fully saturated rings.